The molecule has 0 bridgehead atoms. The molecule has 2 N–H and O–H groups in total. The van der Waals surface area contributed by atoms with E-state index in [1.807, 2.05) is 85.8 Å². The van der Waals surface area contributed by atoms with Crippen molar-refractivity contribution in [2.24, 2.45) is 0 Å². The summed E-state index contributed by atoms with van der Waals surface area (Å²) in [5.41, 5.74) is 2.78. The van der Waals surface area contributed by atoms with Gasteiger partial charge in [-0.25, -0.2) is 4.79 Å². The number of hydrogen-bond donors (Lipinski definition) is 2. The monoisotopic (exact) mass is 518 g/mol. The quantitative estimate of drug-likeness (QED) is 0.285. The average Bonchev–Trinajstić information content (AvgIpc) is 2.95. The third-order valence-corrected chi connectivity index (χ3v) is 6.27. The van der Waals surface area contributed by atoms with Crippen LogP contribution >= 0.6 is 0 Å². The highest BCUT2D eigenvalue weighted by atomic mass is 16.4. The van der Waals surface area contributed by atoms with Crippen LogP contribution in [0, 0.1) is 11.8 Å². The van der Waals surface area contributed by atoms with Crippen molar-refractivity contribution in [1.82, 2.24) is 10.2 Å². The summed E-state index contributed by atoms with van der Waals surface area (Å²) in [4.78, 5) is 39.6. The van der Waals surface area contributed by atoms with E-state index in [4.69, 9.17) is 0 Å². The van der Waals surface area contributed by atoms with E-state index in [0.717, 1.165) is 26.8 Å². The second kappa shape index (κ2) is 13.1. The minimum atomic E-state index is -1.03. The van der Waals surface area contributed by atoms with Gasteiger partial charge in [0, 0.05) is 29.3 Å². The molecule has 1 atom stereocenters. The SMILES string of the molecule is CCCN(C(=O)N[C@H](CC(=O)O)Cc1cccc2ccccc12)C(=O)c1cccc(C#Cc2ccccc2)c1. The zero-order valence-electron chi connectivity index (χ0n) is 21.8. The van der Waals surface area contributed by atoms with Crippen LogP contribution in [0.1, 0.15) is 46.8 Å². The molecule has 6 nitrogen and oxygen atoms in total. The molecule has 0 aliphatic carbocycles. The first kappa shape index (κ1) is 27.2. The van der Waals surface area contributed by atoms with Gasteiger partial charge in [0.1, 0.15) is 0 Å². The molecular weight excluding hydrogens is 488 g/mol. The van der Waals surface area contributed by atoms with Gasteiger partial charge in [-0.1, -0.05) is 85.5 Å². The van der Waals surface area contributed by atoms with Gasteiger partial charge in [-0.3, -0.25) is 14.5 Å². The molecule has 3 amide bonds. The number of carbonyl (C=O) groups excluding carboxylic acids is 2. The highest BCUT2D eigenvalue weighted by Crippen LogP contribution is 2.21. The van der Waals surface area contributed by atoms with Gasteiger partial charge in [-0.15, -0.1) is 0 Å². The van der Waals surface area contributed by atoms with Crippen LogP contribution < -0.4 is 5.32 Å². The number of urea groups is 1. The van der Waals surface area contributed by atoms with Gasteiger partial charge in [0.2, 0.25) is 0 Å². The van der Waals surface area contributed by atoms with Crippen LogP contribution in [0.25, 0.3) is 10.8 Å². The number of carboxylic acids is 1. The lowest BCUT2D eigenvalue weighted by Crippen LogP contribution is -2.49. The maximum absolute atomic E-state index is 13.4. The van der Waals surface area contributed by atoms with E-state index in [1.54, 1.807) is 18.2 Å². The molecule has 0 heterocycles. The summed E-state index contributed by atoms with van der Waals surface area (Å²) in [6.45, 7) is 2.07. The number of imide groups is 1. The first-order chi connectivity index (χ1) is 18.9. The molecule has 39 heavy (non-hydrogen) atoms. The Morgan fingerprint density at radius 3 is 2.28 bits per heavy atom. The number of amides is 3. The summed E-state index contributed by atoms with van der Waals surface area (Å²) in [7, 11) is 0. The number of rotatable bonds is 8. The topological polar surface area (TPSA) is 86.7 Å². The largest absolute Gasteiger partial charge is 0.481 e. The molecular formula is C33H30N2O4. The van der Waals surface area contributed by atoms with Crippen molar-refractivity contribution in [1.29, 1.82) is 0 Å². The Balaban J connectivity index is 1.54. The molecule has 0 saturated carbocycles. The lowest BCUT2D eigenvalue weighted by molar-refractivity contribution is -0.137. The van der Waals surface area contributed by atoms with Crippen molar-refractivity contribution >= 4 is 28.7 Å². The van der Waals surface area contributed by atoms with Crippen LogP contribution in [0.4, 0.5) is 4.79 Å². The summed E-state index contributed by atoms with van der Waals surface area (Å²) in [6.07, 6.45) is 0.603. The fraction of sp³-hybridized carbons (Fsp3) is 0.182. The van der Waals surface area contributed by atoms with Crippen LogP contribution in [0.2, 0.25) is 0 Å². The normalized spacial score (nSPS) is 11.2. The van der Waals surface area contributed by atoms with Crippen molar-refractivity contribution in [3.63, 3.8) is 0 Å². The van der Waals surface area contributed by atoms with Crippen LogP contribution in [-0.4, -0.2) is 40.5 Å². The Kier molecular flexibility index (Phi) is 9.10. The second-order valence-corrected chi connectivity index (χ2v) is 9.24. The number of carboxylic acid groups (broad SMARTS) is 1. The van der Waals surface area contributed by atoms with E-state index in [2.05, 4.69) is 17.2 Å². The first-order valence-corrected chi connectivity index (χ1v) is 12.9. The molecule has 4 rings (SSSR count). The Labute approximate surface area is 228 Å². The molecule has 4 aromatic rings. The molecule has 0 aliphatic heterocycles. The lowest BCUT2D eigenvalue weighted by Gasteiger charge is -2.25. The molecule has 4 aromatic carbocycles. The van der Waals surface area contributed by atoms with Gasteiger partial charge in [0.15, 0.2) is 0 Å². The maximum atomic E-state index is 13.4. The number of fused-ring (bicyclic) bond motifs is 1. The molecule has 0 aromatic heterocycles. The van der Waals surface area contributed by atoms with E-state index in [-0.39, 0.29) is 13.0 Å². The zero-order chi connectivity index (χ0) is 27.6. The Morgan fingerprint density at radius 1 is 0.846 bits per heavy atom. The molecule has 0 aliphatic rings. The Morgan fingerprint density at radius 2 is 1.51 bits per heavy atom. The molecule has 196 valence electrons. The summed E-state index contributed by atoms with van der Waals surface area (Å²) in [5.74, 6) is 4.65. The van der Waals surface area contributed by atoms with Gasteiger partial charge >= 0.3 is 12.0 Å². The molecule has 0 saturated heterocycles. The van der Waals surface area contributed by atoms with E-state index < -0.39 is 23.9 Å². The van der Waals surface area contributed by atoms with Crippen molar-refractivity contribution in [3.8, 4) is 11.8 Å². The molecule has 6 heteroatoms. The molecule has 0 spiro atoms. The number of carbonyl (C=O) groups is 3. The van der Waals surface area contributed by atoms with Crippen molar-refractivity contribution in [2.45, 2.75) is 32.2 Å². The van der Waals surface area contributed by atoms with Crippen molar-refractivity contribution in [3.05, 3.63) is 119 Å². The van der Waals surface area contributed by atoms with Crippen LogP contribution in [0.3, 0.4) is 0 Å². The van der Waals surface area contributed by atoms with Crippen LogP contribution in [0.5, 0.6) is 0 Å². The molecule has 0 unspecified atom stereocenters. The van der Waals surface area contributed by atoms with Crippen molar-refractivity contribution in [2.75, 3.05) is 6.54 Å². The predicted molar refractivity (Wildman–Crippen MR) is 152 cm³/mol. The number of nitrogens with one attached hydrogen (secondary N) is 1. The van der Waals surface area contributed by atoms with E-state index in [9.17, 15) is 19.5 Å². The first-order valence-electron chi connectivity index (χ1n) is 12.9. The second-order valence-electron chi connectivity index (χ2n) is 9.24. The third-order valence-electron chi connectivity index (χ3n) is 6.27. The zero-order valence-corrected chi connectivity index (χ0v) is 21.8. The number of benzene rings is 4. The number of hydrogen-bond acceptors (Lipinski definition) is 3. The number of aliphatic carboxylic acids is 1. The van der Waals surface area contributed by atoms with Crippen molar-refractivity contribution < 1.29 is 19.5 Å². The van der Waals surface area contributed by atoms with Crippen LogP contribution in [0.15, 0.2) is 97.1 Å². The van der Waals surface area contributed by atoms with E-state index >= 15 is 0 Å². The highest BCUT2D eigenvalue weighted by molar-refractivity contribution is 6.04. The fourth-order valence-corrected chi connectivity index (χ4v) is 4.44. The smallest absolute Gasteiger partial charge is 0.324 e. The summed E-state index contributed by atoms with van der Waals surface area (Å²) in [6, 6.07) is 28.8. The lowest BCUT2D eigenvalue weighted by atomic mass is 9.97. The Hall–Kier alpha value is -4.89. The standard InChI is InChI=1S/C33H30N2O4/c1-2-20-35(32(38)28-16-8-12-25(21-28)19-18-24-10-4-3-5-11-24)33(39)34-29(23-31(36)37)22-27-15-9-14-26-13-6-7-17-30(26)27/h3-17,21,29H,2,20,22-23H2,1H3,(H,34,39)(H,36,37)/t29-/m0/s1. The minimum Gasteiger partial charge on any atom is -0.481 e. The van der Waals surface area contributed by atoms with Gasteiger partial charge in [0.05, 0.1) is 6.42 Å². The molecule has 0 fully saturated rings. The Bertz CT molecular complexity index is 1530. The fourth-order valence-electron chi connectivity index (χ4n) is 4.44. The average molecular weight is 519 g/mol. The van der Waals surface area contributed by atoms with Gasteiger partial charge in [-0.05, 0) is 59.5 Å². The number of nitrogens with zero attached hydrogens (tertiary/aromatic N) is 1. The molecule has 0 radical (unpaired) electrons. The third kappa shape index (κ3) is 7.33. The summed E-state index contributed by atoms with van der Waals surface area (Å²) in [5, 5.41) is 14.4. The van der Waals surface area contributed by atoms with E-state index in [1.165, 1.54) is 0 Å². The highest BCUT2D eigenvalue weighted by Gasteiger charge is 2.26. The van der Waals surface area contributed by atoms with E-state index in [0.29, 0.717) is 24.0 Å². The van der Waals surface area contributed by atoms with Gasteiger partial charge in [0.25, 0.3) is 5.91 Å². The maximum Gasteiger partial charge on any atom is 0.324 e. The summed E-state index contributed by atoms with van der Waals surface area (Å²) >= 11 is 0. The summed E-state index contributed by atoms with van der Waals surface area (Å²) < 4.78 is 0. The van der Waals surface area contributed by atoms with Gasteiger partial charge in [-0.2, -0.15) is 0 Å². The predicted octanol–water partition coefficient (Wildman–Crippen LogP) is 5.89. The van der Waals surface area contributed by atoms with Crippen LogP contribution in [-0.2, 0) is 11.2 Å². The van der Waals surface area contributed by atoms with Gasteiger partial charge < -0.3 is 10.4 Å². The minimum absolute atomic E-state index is 0.193.